The Labute approximate surface area is 130 Å². The second kappa shape index (κ2) is 7.94. The Morgan fingerprint density at radius 3 is 2.38 bits per heavy atom. The van der Waals surface area contributed by atoms with E-state index in [1.165, 1.54) is 32.1 Å². The summed E-state index contributed by atoms with van der Waals surface area (Å²) in [6.45, 7) is 8.03. The Balaban J connectivity index is 1.88. The zero-order valence-corrected chi connectivity index (χ0v) is 14.2. The van der Waals surface area contributed by atoms with Crippen LogP contribution in [0.1, 0.15) is 72.1 Å². The van der Waals surface area contributed by atoms with E-state index in [0.717, 1.165) is 32.4 Å². The van der Waals surface area contributed by atoms with Crippen LogP contribution in [0, 0.1) is 11.3 Å². The van der Waals surface area contributed by atoms with Crippen molar-refractivity contribution in [3.05, 3.63) is 0 Å². The van der Waals surface area contributed by atoms with Crippen LogP contribution in [-0.2, 0) is 4.74 Å². The minimum Gasteiger partial charge on any atom is -0.392 e. The summed E-state index contributed by atoms with van der Waals surface area (Å²) in [5.74, 6) is 0.433. The van der Waals surface area contributed by atoms with Gasteiger partial charge in [-0.15, -0.1) is 0 Å². The average Bonchev–Trinajstić information content (AvgIpc) is 2.52. The number of aliphatic hydroxyl groups is 1. The molecule has 2 aliphatic carbocycles. The Morgan fingerprint density at radius 2 is 1.81 bits per heavy atom. The average molecular weight is 297 g/mol. The molecule has 2 fully saturated rings. The van der Waals surface area contributed by atoms with Crippen molar-refractivity contribution in [2.75, 3.05) is 13.2 Å². The first-order valence-corrected chi connectivity index (χ1v) is 9.21. The summed E-state index contributed by atoms with van der Waals surface area (Å²) in [4.78, 5) is 0. The lowest BCUT2D eigenvalue weighted by atomic mass is 9.55. The third kappa shape index (κ3) is 3.62. The molecule has 0 aromatic carbocycles. The molecule has 0 amide bonds. The minimum absolute atomic E-state index is 0.202. The van der Waals surface area contributed by atoms with E-state index >= 15 is 0 Å². The van der Waals surface area contributed by atoms with Crippen molar-refractivity contribution >= 4 is 0 Å². The zero-order chi connectivity index (χ0) is 15.3. The fraction of sp³-hybridized carbons (Fsp3) is 1.00. The molecule has 0 bridgehead atoms. The van der Waals surface area contributed by atoms with E-state index in [0.29, 0.717) is 23.5 Å². The molecule has 2 rings (SSSR count). The van der Waals surface area contributed by atoms with E-state index in [1.807, 2.05) is 0 Å². The molecule has 3 nitrogen and oxygen atoms in total. The van der Waals surface area contributed by atoms with Gasteiger partial charge in [-0.2, -0.15) is 0 Å². The van der Waals surface area contributed by atoms with Gasteiger partial charge in [0.2, 0.25) is 0 Å². The molecule has 2 N–H and O–H groups in total. The zero-order valence-electron chi connectivity index (χ0n) is 14.2. The fourth-order valence-electron chi connectivity index (χ4n) is 4.61. The summed E-state index contributed by atoms with van der Waals surface area (Å²) in [6.07, 6.45) is 10.2. The number of hydrogen-bond donors (Lipinski definition) is 2. The lowest BCUT2D eigenvalue weighted by Crippen LogP contribution is -2.65. The lowest BCUT2D eigenvalue weighted by Gasteiger charge is -2.58. The molecule has 3 heteroatoms. The van der Waals surface area contributed by atoms with Crippen LogP contribution < -0.4 is 5.32 Å². The van der Waals surface area contributed by atoms with E-state index < -0.39 is 0 Å². The van der Waals surface area contributed by atoms with E-state index in [-0.39, 0.29) is 6.10 Å². The van der Waals surface area contributed by atoms with Gasteiger partial charge < -0.3 is 15.2 Å². The molecule has 124 valence electrons. The number of hydrogen-bond acceptors (Lipinski definition) is 3. The molecule has 0 radical (unpaired) electrons. The Bertz CT molecular complexity index is 298. The van der Waals surface area contributed by atoms with E-state index in [4.69, 9.17) is 4.74 Å². The smallest absolute Gasteiger partial charge is 0.0692 e. The van der Waals surface area contributed by atoms with Crippen LogP contribution in [0.5, 0.6) is 0 Å². The molecular formula is C18H35NO2. The van der Waals surface area contributed by atoms with Crippen molar-refractivity contribution in [2.24, 2.45) is 11.3 Å². The van der Waals surface area contributed by atoms with Gasteiger partial charge in [0.15, 0.2) is 0 Å². The van der Waals surface area contributed by atoms with E-state index in [1.54, 1.807) is 0 Å². The quantitative estimate of drug-likeness (QED) is 0.720. The molecule has 0 aliphatic heterocycles. The van der Waals surface area contributed by atoms with Crippen molar-refractivity contribution in [3.63, 3.8) is 0 Å². The lowest BCUT2D eigenvalue weighted by molar-refractivity contribution is -0.151. The summed E-state index contributed by atoms with van der Waals surface area (Å²) < 4.78 is 6.00. The highest BCUT2D eigenvalue weighted by molar-refractivity contribution is 5.09. The van der Waals surface area contributed by atoms with Crippen LogP contribution in [0.25, 0.3) is 0 Å². The summed E-state index contributed by atoms with van der Waals surface area (Å²) in [5.41, 5.74) is 0.363. The van der Waals surface area contributed by atoms with Gasteiger partial charge in [-0.3, -0.25) is 0 Å². The minimum atomic E-state index is -0.202. The van der Waals surface area contributed by atoms with Gasteiger partial charge in [0.1, 0.15) is 0 Å². The molecule has 3 unspecified atom stereocenters. The molecule has 0 aromatic rings. The van der Waals surface area contributed by atoms with Crippen molar-refractivity contribution in [3.8, 4) is 0 Å². The molecule has 0 heterocycles. The molecule has 2 saturated carbocycles. The summed E-state index contributed by atoms with van der Waals surface area (Å²) >= 11 is 0. The molecule has 2 aliphatic rings. The van der Waals surface area contributed by atoms with Crippen LogP contribution in [0.3, 0.4) is 0 Å². The van der Waals surface area contributed by atoms with Crippen molar-refractivity contribution in [1.29, 1.82) is 0 Å². The highest BCUT2D eigenvalue weighted by atomic mass is 16.5. The third-order valence-corrected chi connectivity index (χ3v) is 6.10. The van der Waals surface area contributed by atoms with Gasteiger partial charge in [-0.05, 0) is 32.1 Å². The number of aliphatic hydroxyl groups excluding tert-OH is 1. The third-order valence-electron chi connectivity index (χ3n) is 6.10. The van der Waals surface area contributed by atoms with Gasteiger partial charge in [-0.1, -0.05) is 46.0 Å². The number of nitrogens with one attached hydrogen (secondary N) is 1. The predicted molar refractivity (Wildman–Crippen MR) is 87.4 cm³/mol. The van der Waals surface area contributed by atoms with E-state index in [9.17, 15) is 5.11 Å². The number of ether oxygens (including phenoxy) is 1. The highest BCUT2D eigenvalue weighted by Gasteiger charge is 2.55. The van der Waals surface area contributed by atoms with Crippen LogP contribution in [0.2, 0.25) is 0 Å². The normalized spacial score (nSPS) is 29.6. The van der Waals surface area contributed by atoms with Crippen LogP contribution in [0.15, 0.2) is 0 Å². The maximum atomic E-state index is 10.3. The molecule has 0 aromatic heterocycles. The van der Waals surface area contributed by atoms with Crippen molar-refractivity contribution < 1.29 is 9.84 Å². The van der Waals surface area contributed by atoms with Crippen molar-refractivity contribution in [2.45, 2.75) is 90.4 Å². The van der Waals surface area contributed by atoms with Crippen molar-refractivity contribution in [1.82, 2.24) is 5.32 Å². The summed E-state index contributed by atoms with van der Waals surface area (Å²) in [6, 6.07) is 0.554. The Hall–Kier alpha value is -0.120. The standard InChI is InChI=1S/C18H35NO2/c1-4-14(5-2)15(20)13-19-16-12-17(21-6-3)18(16)10-8-7-9-11-18/h14-17,19-20H,4-13H2,1-3H3. The Morgan fingerprint density at radius 1 is 1.14 bits per heavy atom. The SMILES string of the molecule is CCOC1CC(NCC(O)C(CC)CC)C12CCCCC2. The largest absolute Gasteiger partial charge is 0.392 e. The first-order valence-electron chi connectivity index (χ1n) is 9.21. The number of rotatable bonds is 8. The molecule has 21 heavy (non-hydrogen) atoms. The first kappa shape index (κ1) is 17.2. The van der Waals surface area contributed by atoms with Gasteiger partial charge >= 0.3 is 0 Å². The molecule has 1 spiro atoms. The second-order valence-electron chi connectivity index (χ2n) is 7.08. The van der Waals surface area contributed by atoms with E-state index in [2.05, 4.69) is 26.1 Å². The van der Waals surface area contributed by atoms with Gasteiger partial charge in [0.25, 0.3) is 0 Å². The second-order valence-corrected chi connectivity index (χ2v) is 7.08. The monoisotopic (exact) mass is 297 g/mol. The molecule has 0 saturated heterocycles. The van der Waals surface area contributed by atoms with Crippen LogP contribution in [0.4, 0.5) is 0 Å². The first-order chi connectivity index (χ1) is 10.2. The maximum Gasteiger partial charge on any atom is 0.0692 e. The molecular weight excluding hydrogens is 262 g/mol. The van der Waals surface area contributed by atoms with Crippen LogP contribution >= 0.6 is 0 Å². The van der Waals surface area contributed by atoms with Crippen LogP contribution in [-0.4, -0.2) is 36.5 Å². The van der Waals surface area contributed by atoms with Gasteiger partial charge in [0, 0.05) is 24.6 Å². The Kier molecular flexibility index (Phi) is 6.51. The summed E-state index contributed by atoms with van der Waals surface area (Å²) in [5, 5.41) is 14.0. The maximum absolute atomic E-state index is 10.3. The molecule has 3 atom stereocenters. The van der Waals surface area contributed by atoms with Gasteiger partial charge in [-0.25, -0.2) is 0 Å². The van der Waals surface area contributed by atoms with Gasteiger partial charge in [0.05, 0.1) is 12.2 Å². The fourth-order valence-corrected chi connectivity index (χ4v) is 4.61. The topological polar surface area (TPSA) is 41.5 Å². The highest BCUT2D eigenvalue weighted by Crippen LogP contribution is 2.53. The predicted octanol–water partition coefficient (Wildman–Crippen LogP) is 3.50. The summed E-state index contributed by atoms with van der Waals surface area (Å²) in [7, 11) is 0.